The van der Waals surface area contributed by atoms with Gasteiger partial charge >= 0.3 is 0 Å². The molecule has 0 saturated heterocycles. The van der Waals surface area contributed by atoms with E-state index in [-0.39, 0.29) is 17.3 Å². The fourth-order valence-corrected chi connectivity index (χ4v) is 1.82. The zero-order valence-corrected chi connectivity index (χ0v) is 11.1. The average Bonchev–Trinajstić information content (AvgIpc) is 2.42. The van der Waals surface area contributed by atoms with Gasteiger partial charge < -0.3 is 10.2 Å². The van der Waals surface area contributed by atoms with Gasteiger partial charge in [0.25, 0.3) is 0 Å². The van der Waals surface area contributed by atoms with Gasteiger partial charge in [0.1, 0.15) is 5.82 Å². The zero-order valence-electron chi connectivity index (χ0n) is 11.1. The summed E-state index contributed by atoms with van der Waals surface area (Å²) in [4.78, 5) is 5.12. The lowest BCUT2D eigenvalue weighted by Crippen LogP contribution is -2.16. The third kappa shape index (κ3) is 2.68. The van der Waals surface area contributed by atoms with Crippen LogP contribution in [-0.4, -0.2) is 18.6 Å². The monoisotopic (exact) mass is 281 g/mol. The number of benzene rings is 1. The smallest absolute Gasteiger partial charge is 0.171 e. The summed E-state index contributed by atoms with van der Waals surface area (Å²) in [5, 5.41) is 2.69. The van der Waals surface area contributed by atoms with Gasteiger partial charge in [0.2, 0.25) is 0 Å². The first kappa shape index (κ1) is 14.2. The minimum Gasteiger partial charge on any atom is -0.368 e. The van der Waals surface area contributed by atoms with Crippen molar-refractivity contribution >= 4 is 17.3 Å². The van der Waals surface area contributed by atoms with E-state index in [9.17, 15) is 13.2 Å². The van der Waals surface area contributed by atoms with E-state index in [0.29, 0.717) is 6.54 Å². The Morgan fingerprint density at radius 3 is 2.45 bits per heavy atom. The SMILES string of the molecule is CCNc1nc(N(C)c2ccccc2F)c(F)cc1F. The molecule has 6 heteroatoms. The first-order chi connectivity index (χ1) is 9.54. The molecule has 3 nitrogen and oxygen atoms in total. The highest BCUT2D eigenvalue weighted by Gasteiger charge is 2.17. The van der Waals surface area contributed by atoms with Gasteiger partial charge in [-0.3, -0.25) is 0 Å². The highest BCUT2D eigenvalue weighted by Crippen LogP contribution is 2.28. The Morgan fingerprint density at radius 2 is 1.80 bits per heavy atom. The lowest BCUT2D eigenvalue weighted by Gasteiger charge is -2.20. The van der Waals surface area contributed by atoms with Gasteiger partial charge in [0, 0.05) is 19.7 Å². The van der Waals surface area contributed by atoms with Crippen molar-refractivity contribution in [3.8, 4) is 0 Å². The minimum absolute atomic E-state index is 0.0629. The van der Waals surface area contributed by atoms with E-state index < -0.39 is 17.5 Å². The van der Waals surface area contributed by atoms with Gasteiger partial charge in [-0.1, -0.05) is 12.1 Å². The molecule has 0 radical (unpaired) electrons. The van der Waals surface area contributed by atoms with Crippen molar-refractivity contribution in [2.45, 2.75) is 6.92 Å². The lowest BCUT2D eigenvalue weighted by atomic mass is 10.2. The van der Waals surface area contributed by atoms with Crippen molar-refractivity contribution in [1.29, 1.82) is 0 Å². The Kier molecular flexibility index (Phi) is 4.12. The number of hydrogen-bond donors (Lipinski definition) is 1. The number of halogens is 3. The highest BCUT2D eigenvalue weighted by atomic mass is 19.1. The van der Waals surface area contributed by atoms with Crippen molar-refractivity contribution in [3.05, 3.63) is 47.8 Å². The molecule has 0 amide bonds. The summed E-state index contributed by atoms with van der Waals surface area (Å²) in [5.74, 6) is -2.35. The molecule has 0 bridgehead atoms. The van der Waals surface area contributed by atoms with Crippen LogP contribution < -0.4 is 10.2 Å². The van der Waals surface area contributed by atoms with Crippen LogP contribution in [0.2, 0.25) is 0 Å². The topological polar surface area (TPSA) is 28.2 Å². The summed E-state index contributed by atoms with van der Waals surface area (Å²) in [5.41, 5.74) is 0.160. The predicted octanol–water partition coefficient (Wildman–Crippen LogP) is 3.70. The zero-order chi connectivity index (χ0) is 14.7. The summed E-state index contributed by atoms with van der Waals surface area (Å²) in [6, 6.07) is 6.65. The van der Waals surface area contributed by atoms with Crippen LogP contribution in [-0.2, 0) is 0 Å². The molecule has 0 saturated carbocycles. The fraction of sp³-hybridized carbons (Fsp3) is 0.214. The molecular weight excluding hydrogens is 267 g/mol. The third-order valence-corrected chi connectivity index (χ3v) is 2.79. The van der Waals surface area contributed by atoms with Gasteiger partial charge in [0.05, 0.1) is 5.69 Å². The number of nitrogens with zero attached hydrogens (tertiary/aromatic N) is 2. The second kappa shape index (κ2) is 5.81. The molecular formula is C14H14F3N3. The molecule has 2 aromatic rings. The Bertz CT molecular complexity index is 617. The van der Waals surface area contributed by atoms with Crippen LogP contribution in [0.5, 0.6) is 0 Å². The standard InChI is InChI=1S/C14H14F3N3/c1-3-18-13-10(16)8-11(17)14(19-13)20(2)12-7-5-4-6-9(12)15/h4-8H,3H2,1-2H3,(H,18,19). The molecule has 1 aromatic carbocycles. The molecule has 1 heterocycles. The van der Waals surface area contributed by atoms with Crippen LogP contribution in [0.25, 0.3) is 0 Å². The second-order valence-electron chi connectivity index (χ2n) is 4.16. The van der Waals surface area contributed by atoms with Crippen LogP contribution in [0.4, 0.5) is 30.5 Å². The molecule has 0 spiro atoms. The Balaban J connectivity index is 2.46. The molecule has 1 N–H and O–H groups in total. The van der Waals surface area contributed by atoms with E-state index in [2.05, 4.69) is 10.3 Å². The molecule has 106 valence electrons. The van der Waals surface area contributed by atoms with Crippen molar-refractivity contribution < 1.29 is 13.2 Å². The Labute approximate surface area is 115 Å². The Hall–Kier alpha value is -2.24. The number of aromatic nitrogens is 1. The first-order valence-corrected chi connectivity index (χ1v) is 6.12. The highest BCUT2D eigenvalue weighted by molar-refractivity contribution is 5.62. The number of anilines is 3. The molecule has 0 fully saturated rings. The molecule has 1 aromatic heterocycles. The Morgan fingerprint density at radius 1 is 1.10 bits per heavy atom. The van der Waals surface area contributed by atoms with E-state index >= 15 is 0 Å². The molecule has 2 rings (SSSR count). The van der Waals surface area contributed by atoms with E-state index in [4.69, 9.17) is 0 Å². The van der Waals surface area contributed by atoms with Crippen molar-refractivity contribution in [2.75, 3.05) is 23.8 Å². The van der Waals surface area contributed by atoms with Crippen molar-refractivity contribution in [3.63, 3.8) is 0 Å². The molecule has 0 aliphatic heterocycles. The van der Waals surface area contributed by atoms with Crippen LogP contribution in [0.15, 0.2) is 30.3 Å². The normalized spacial score (nSPS) is 10.4. The number of rotatable bonds is 4. The summed E-state index contributed by atoms with van der Waals surface area (Å²) in [6.45, 7) is 2.21. The molecule has 0 aliphatic carbocycles. The summed E-state index contributed by atoms with van der Waals surface area (Å²) in [7, 11) is 1.47. The van der Waals surface area contributed by atoms with E-state index in [0.717, 1.165) is 6.07 Å². The van der Waals surface area contributed by atoms with Gasteiger partial charge in [-0.2, -0.15) is 0 Å². The molecule has 0 unspecified atom stereocenters. The summed E-state index contributed by atoms with van der Waals surface area (Å²) >= 11 is 0. The molecule has 0 atom stereocenters. The van der Waals surface area contributed by atoms with E-state index in [1.807, 2.05) is 0 Å². The second-order valence-corrected chi connectivity index (χ2v) is 4.16. The van der Waals surface area contributed by atoms with Gasteiger partial charge in [0.15, 0.2) is 23.3 Å². The lowest BCUT2D eigenvalue weighted by molar-refractivity contribution is 0.574. The number of nitrogens with one attached hydrogen (secondary N) is 1. The van der Waals surface area contributed by atoms with Crippen LogP contribution >= 0.6 is 0 Å². The number of pyridine rings is 1. The van der Waals surface area contributed by atoms with Gasteiger partial charge in [-0.15, -0.1) is 0 Å². The maximum absolute atomic E-state index is 13.8. The van der Waals surface area contributed by atoms with Gasteiger partial charge in [-0.25, -0.2) is 18.2 Å². The van der Waals surface area contributed by atoms with Crippen molar-refractivity contribution in [1.82, 2.24) is 4.98 Å². The van der Waals surface area contributed by atoms with E-state index in [1.165, 1.54) is 30.1 Å². The largest absolute Gasteiger partial charge is 0.368 e. The van der Waals surface area contributed by atoms with Crippen LogP contribution in [0.1, 0.15) is 6.92 Å². The molecule has 0 aliphatic rings. The first-order valence-electron chi connectivity index (χ1n) is 6.12. The number of para-hydroxylation sites is 1. The summed E-state index contributed by atoms with van der Waals surface area (Å²) in [6.07, 6.45) is 0. The van der Waals surface area contributed by atoms with Crippen LogP contribution in [0.3, 0.4) is 0 Å². The summed E-state index contributed by atoms with van der Waals surface area (Å²) < 4.78 is 41.1. The number of hydrogen-bond acceptors (Lipinski definition) is 3. The average molecular weight is 281 g/mol. The van der Waals surface area contributed by atoms with Gasteiger partial charge in [-0.05, 0) is 19.1 Å². The maximum Gasteiger partial charge on any atom is 0.171 e. The predicted molar refractivity (Wildman–Crippen MR) is 72.8 cm³/mol. The van der Waals surface area contributed by atoms with Crippen LogP contribution in [0, 0.1) is 17.5 Å². The van der Waals surface area contributed by atoms with Crippen molar-refractivity contribution in [2.24, 2.45) is 0 Å². The third-order valence-electron chi connectivity index (χ3n) is 2.79. The fourth-order valence-electron chi connectivity index (χ4n) is 1.82. The maximum atomic E-state index is 13.8. The van der Waals surface area contributed by atoms with E-state index in [1.54, 1.807) is 13.0 Å². The minimum atomic E-state index is -0.852. The molecule has 20 heavy (non-hydrogen) atoms. The quantitative estimate of drug-likeness (QED) is 0.926.